The molecule has 1 aromatic carbocycles. The Morgan fingerprint density at radius 2 is 1.79 bits per heavy atom. The number of sulfone groups is 1. The molecule has 2 aliphatic heterocycles. The van der Waals surface area contributed by atoms with Gasteiger partial charge in [0, 0.05) is 31.5 Å². The highest BCUT2D eigenvalue weighted by atomic mass is 32.2. The molecule has 0 unspecified atom stereocenters. The number of likely N-dealkylation sites (tertiary alicyclic amines) is 1. The fourth-order valence-electron chi connectivity index (χ4n) is 3.66. The molecule has 2 heterocycles. The van der Waals surface area contributed by atoms with Crippen molar-refractivity contribution in [2.45, 2.75) is 24.4 Å². The number of nitrogens with zero attached hydrogens (tertiary/aromatic N) is 1. The first kappa shape index (κ1) is 23.1. The van der Waals surface area contributed by atoms with Gasteiger partial charge in [-0.3, -0.25) is 4.79 Å². The predicted molar refractivity (Wildman–Crippen MR) is 98.6 cm³/mol. The van der Waals surface area contributed by atoms with Crippen molar-refractivity contribution in [2.75, 3.05) is 25.9 Å². The second-order valence-electron chi connectivity index (χ2n) is 7.19. The van der Waals surface area contributed by atoms with Crippen molar-refractivity contribution in [2.24, 2.45) is 11.8 Å². The Labute approximate surface area is 166 Å². The maximum Gasteiger partial charge on any atom is 0.490 e. The Hall–Kier alpha value is -2.14. The number of carboxylic acid groups (broad SMARTS) is 1. The van der Waals surface area contributed by atoms with E-state index in [-0.39, 0.29) is 28.7 Å². The number of carbonyl (C=O) groups is 2. The maximum absolute atomic E-state index is 12.5. The van der Waals surface area contributed by atoms with Crippen molar-refractivity contribution in [3.8, 4) is 0 Å². The van der Waals surface area contributed by atoms with Crippen LogP contribution in [0.1, 0.15) is 12.0 Å². The van der Waals surface area contributed by atoms with Gasteiger partial charge in [-0.25, -0.2) is 13.2 Å². The molecular formula is C18H23F3N2O5S. The third-order valence-corrected chi connectivity index (χ3v) is 7.30. The fraction of sp³-hybridized carbons (Fsp3) is 0.556. The predicted octanol–water partition coefficient (Wildman–Crippen LogP) is 1.30. The van der Waals surface area contributed by atoms with Gasteiger partial charge >= 0.3 is 12.1 Å². The van der Waals surface area contributed by atoms with E-state index in [4.69, 9.17) is 9.90 Å². The number of nitrogens with one attached hydrogen (secondary N) is 1. The molecule has 0 spiro atoms. The lowest BCUT2D eigenvalue weighted by Gasteiger charge is -2.31. The zero-order valence-electron chi connectivity index (χ0n) is 15.7. The van der Waals surface area contributed by atoms with Crippen molar-refractivity contribution in [3.63, 3.8) is 0 Å². The second-order valence-corrected chi connectivity index (χ2v) is 9.53. The van der Waals surface area contributed by atoms with Crippen LogP contribution in [0.2, 0.25) is 0 Å². The molecule has 2 saturated heterocycles. The number of benzene rings is 1. The summed E-state index contributed by atoms with van der Waals surface area (Å²) < 4.78 is 56.1. The highest BCUT2D eigenvalue weighted by Crippen LogP contribution is 2.36. The van der Waals surface area contributed by atoms with Crippen LogP contribution in [0, 0.1) is 11.8 Å². The van der Waals surface area contributed by atoms with E-state index < -0.39 is 22.0 Å². The molecule has 162 valence electrons. The molecule has 3 atom stereocenters. The summed E-state index contributed by atoms with van der Waals surface area (Å²) in [5.74, 6) is -2.90. The number of carboxylic acids is 1. The molecule has 29 heavy (non-hydrogen) atoms. The number of rotatable bonds is 3. The minimum atomic E-state index is -5.08. The first-order valence-corrected chi connectivity index (χ1v) is 10.6. The molecule has 3 rings (SSSR count). The molecule has 0 aromatic heterocycles. The van der Waals surface area contributed by atoms with Gasteiger partial charge in [-0.2, -0.15) is 13.2 Å². The van der Waals surface area contributed by atoms with Crippen LogP contribution in [-0.2, 0) is 26.0 Å². The highest BCUT2D eigenvalue weighted by Gasteiger charge is 2.49. The Morgan fingerprint density at radius 3 is 2.34 bits per heavy atom. The summed E-state index contributed by atoms with van der Waals surface area (Å²) in [5, 5.41) is 9.72. The molecule has 7 nitrogen and oxygen atoms in total. The van der Waals surface area contributed by atoms with Gasteiger partial charge in [0.1, 0.15) is 0 Å². The molecule has 1 aromatic rings. The van der Waals surface area contributed by atoms with Gasteiger partial charge in [0.25, 0.3) is 0 Å². The standard InChI is InChI=1S/C16H22N2O3S.C2HF3O2/c1-18-10-14-13(7-8-22(20,21)15(14)11-18)16(19)17-9-12-5-3-2-4-6-12;3-2(4,5)1(6)7/h2-6,13-15H,7-11H2,1H3,(H,17,19);(H,6,7)/t13-,14-,15-;/m1./s1. The van der Waals surface area contributed by atoms with Crippen LogP contribution in [-0.4, -0.2) is 67.6 Å². The summed E-state index contributed by atoms with van der Waals surface area (Å²) in [4.78, 5) is 23.4. The maximum atomic E-state index is 12.5. The van der Waals surface area contributed by atoms with Crippen LogP contribution in [0.25, 0.3) is 0 Å². The lowest BCUT2D eigenvalue weighted by atomic mass is 9.87. The molecule has 2 fully saturated rings. The van der Waals surface area contributed by atoms with Crippen LogP contribution >= 0.6 is 0 Å². The Morgan fingerprint density at radius 1 is 1.21 bits per heavy atom. The van der Waals surface area contributed by atoms with Crippen molar-refractivity contribution in [3.05, 3.63) is 35.9 Å². The zero-order chi connectivity index (χ0) is 21.8. The van der Waals surface area contributed by atoms with Crippen LogP contribution in [0.5, 0.6) is 0 Å². The van der Waals surface area contributed by atoms with Crippen molar-refractivity contribution in [1.82, 2.24) is 10.2 Å². The second kappa shape index (κ2) is 9.12. The topological polar surface area (TPSA) is 104 Å². The third-order valence-electron chi connectivity index (χ3n) is 5.07. The molecular weight excluding hydrogens is 413 g/mol. The number of amides is 1. The average molecular weight is 436 g/mol. The molecule has 0 radical (unpaired) electrons. The summed E-state index contributed by atoms with van der Waals surface area (Å²) in [5.41, 5.74) is 1.05. The quantitative estimate of drug-likeness (QED) is 0.740. The van der Waals surface area contributed by atoms with E-state index in [1.807, 2.05) is 42.3 Å². The first-order valence-electron chi connectivity index (χ1n) is 8.93. The van der Waals surface area contributed by atoms with Gasteiger partial charge in [0.05, 0.1) is 11.0 Å². The van der Waals surface area contributed by atoms with Gasteiger partial charge in [-0.15, -0.1) is 0 Å². The molecule has 2 aliphatic rings. The molecule has 1 amide bonds. The van der Waals surface area contributed by atoms with Crippen LogP contribution in [0.4, 0.5) is 13.2 Å². The third kappa shape index (κ3) is 6.17. The summed E-state index contributed by atoms with van der Waals surface area (Å²) >= 11 is 0. The fourth-order valence-corrected chi connectivity index (χ4v) is 5.83. The van der Waals surface area contributed by atoms with Gasteiger partial charge < -0.3 is 15.3 Å². The first-order chi connectivity index (χ1) is 13.4. The summed E-state index contributed by atoms with van der Waals surface area (Å²) in [6, 6.07) is 9.76. The SMILES string of the molecule is CN1C[C@H]2[C@@H](C1)S(=O)(=O)CC[C@H]2C(=O)NCc1ccccc1.O=C(O)C(F)(F)F. The summed E-state index contributed by atoms with van der Waals surface area (Å²) in [6.45, 7) is 1.74. The van der Waals surface area contributed by atoms with E-state index in [0.29, 0.717) is 26.1 Å². The van der Waals surface area contributed by atoms with Crippen molar-refractivity contribution < 1.29 is 36.3 Å². The number of fused-ring (bicyclic) bond motifs is 1. The zero-order valence-corrected chi connectivity index (χ0v) is 16.5. The highest BCUT2D eigenvalue weighted by molar-refractivity contribution is 7.92. The van der Waals surface area contributed by atoms with Crippen LogP contribution < -0.4 is 5.32 Å². The van der Waals surface area contributed by atoms with Crippen molar-refractivity contribution >= 4 is 21.7 Å². The number of hydrogen-bond acceptors (Lipinski definition) is 5. The number of aliphatic carboxylic acids is 1. The Balaban J connectivity index is 0.000000370. The largest absolute Gasteiger partial charge is 0.490 e. The van der Waals surface area contributed by atoms with E-state index in [1.54, 1.807) is 0 Å². The van der Waals surface area contributed by atoms with Gasteiger partial charge in [-0.05, 0) is 19.0 Å². The minimum absolute atomic E-state index is 0.0101. The van der Waals surface area contributed by atoms with Crippen LogP contribution in [0.15, 0.2) is 30.3 Å². The lowest BCUT2D eigenvalue weighted by Crippen LogP contribution is -2.47. The number of halogens is 3. The lowest BCUT2D eigenvalue weighted by molar-refractivity contribution is -0.192. The molecule has 0 saturated carbocycles. The normalized spacial score (nSPS) is 26.0. The van der Waals surface area contributed by atoms with E-state index >= 15 is 0 Å². The monoisotopic (exact) mass is 436 g/mol. The molecule has 11 heteroatoms. The number of carbonyl (C=O) groups excluding carboxylic acids is 1. The van der Waals surface area contributed by atoms with Crippen LogP contribution in [0.3, 0.4) is 0 Å². The van der Waals surface area contributed by atoms with E-state index in [1.165, 1.54) is 0 Å². The number of alkyl halides is 3. The van der Waals surface area contributed by atoms with Gasteiger partial charge in [0.15, 0.2) is 9.84 Å². The molecule has 0 bridgehead atoms. The number of hydrogen-bond donors (Lipinski definition) is 2. The smallest absolute Gasteiger partial charge is 0.475 e. The van der Waals surface area contributed by atoms with Gasteiger partial charge in [0.2, 0.25) is 5.91 Å². The Bertz CT molecular complexity index is 830. The Kier molecular flexibility index (Phi) is 7.28. The van der Waals surface area contributed by atoms with Gasteiger partial charge in [-0.1, -0.05) is 30.3 Å². The molecule has 2 N–H and O–H groups in total. The summed E-state index contributed by atoms with van der Waals surface area (Å²) in [7, 11) is -1.13. The van der Waals surface area contributed by atoms with E-state index in [9.17, 15) is 26.4 Å². The van der Waals surface area contributed by atoms with Crippen molar-refractivity contribution in [1.29, 1.82) is 0 Å². The van der Waals surface area contributed by atoms with E-state index in [0.717, 1.165) is 5.56 Å². The summed E-state index contributed by atoms with van der Waals surface area (Å²) in [6.07, 6.45) is -4.64. The average Bonchev–Trinajstić information content (AvgIpc) is 3.03. The van der Waals surface area contributed by atoms with E-state index in [2.05, 4.69) is 5.32 Å². The minimum Gasteiger partial charge on any atom is -0.475 e. The molecule has 0 aliphatic carbocycles.